The summed E-state index contributed by atoms with van der Waals surface area (Å²) in [4.78, 5) is 50.7. The van der Waals surface area contributed by atoms with Gasteiger partial charge in [0.05, 0.1) is 0 Å². The Bertz CT molecular complexity index is 976. The summed E-state index contributed by atoms with van der Waals surface area (Å²) in [6.45, 7) is 5.89. The van der Waals surface area contributed by atoms with Crippen LogP contribution in [0.2, 0.25) is 0 Å². The number of carbonyl (C=O) groups excluding carboxylic acids is 3. The van der Waals surface area contributed by atoms with E-state index in [2.05, 4.69) is 16.0 Å². The van der Waals surface area contributed by atoms with Crippen molar-refractivity contribution in [3.8, 4) is 0 Å². The molecule has 1 heterocycles. The highest BCUT2D eigenvalue weighted by Gasteiger charge is 2.31. The average Bonchev–Trinajstić information content (AvgIpc) is 2.79. The number of hydrogen-bond acceptors (Lipinski definition) is 4. The first-order valence-corrected chi connectivity index (χ1v) is 13.3. The Kier molecular flexibility index (Phi) is 9.52. The highest BCUT2D eigenvalue weighted by atomic mass is 16.2. The molecule has 0 spiro atoms. The Labute approximate surface area is 208 Å². The second kappa shape index (κ2) is 12.4. The Morgan fingerprint density at radius 1 is 0.943 bits per heavy atom. The van der Waals surface area contributed by atoms with Gasteiger partial charge in [0.1, 0.15) is 11.1 Å². The first-order valence-electron chi connectivity index (χ1n) is 13.3. The fraction of sp³-hybridized carbons (Fsp3) is 0.704. The third kappa shape index (κ3) is 7.42. The maximum absolute atomic E-state index is 13.6. The molecule has 3 rings (SSSR count). The van der Waals surface area contributed by atoms with Gasteiger partial charge in [-0.25, -0.2) is 0 Å². The van der Waals surface area contributed by atoms with Crippen molar-refractivity contribution in [2.24, 2.45) is 5.92 Å². The van der Waals surface area contributed by atoms with E-state index in [0.29, 0.717) is 19.0 Å². The Balaban J connectivity index is 1.82. The second-order valence-electron chi connectivity index (χ2n) is 10.7. The molecule has 1 aromatic heterocycles. The summed E-state index contributed by atoms with van der Waals surface area (Å²) in [6, 6.07) is 1.78. The van der Waals surface area contributed by atoms with Crippen LogP contribution in [0.25, 0.3) is 0 Å². The molecule has 3 N–H and O–H groups in total. The lowest BCUT2D eigenvalue weighted by molar-refractivity contribution is -0.126. The summed E-state index contributed by atoms with van der Waals surface area (Å²) in [6.07, 6.45) is 12.1. The van der Waals surface area contributed by atoms with Crippen LogP contribution in [-0.2, 0) is 29.0 Å². The fourth-order valence-corrected chi connectivity index (χ4v) is 5.26. The topological polar surface area (TPSA) is 109 Å². The monoisotopic (exact) mass is 486 g/mol. The predicted molar refractivity (Wildman–Crippen MR) is 136 cm³/mol. The van der Waals surface area contributed by atoms with Crippen molar-refractivity contribution in [3.63, 3.8) is 0 Å². The van der Waals surface area contributed by atoms with Crippen molar-refractivity contribution in [1.29, 1.82) is 0 Å². The number of carbonyl (C=O) groups is 3. The molecule has 1 aromatic rings. The van der Waals surface area contributed by atoms with Crippen molar-refractivity contribution >= 4 is 17.7 Å². The maximum atomic E-state index is 13.6. The molecule has 2 aliphatic rings. The van der Waals surface area contributed by atoms with E-state index in [0.717, 1.165) is 56.2 Å². The molecule has 0 aliphatic heterocycles. The number of nitrogens with one attached hydrogen (secondary N) is 3. The molecule has 35 heavy (non-hydrogen) atoms. The smallest absolute Gasteiger partial charge is 0.263 e. The van der Waals surface area contributed by atoms with Crippen LogP contribution in [0.15, 0.2) is 10.9 Å². The van der Waals surface area contributed by atoms with E-state index < -0.39 is 11.4 Å². The minimum absolute atomic E-state index is 0.124. The van der Waals surface area contributed by atoms with E-state index in [-0.39, 0.29) is 29.5 Å². The number of amides is 3. The number of pyridine rings is 1. The third-order valence-electron chi connectivity index (χ3n) is 7.29. The summed E-state index contributed by atoms with van der Waals surface area (Å²) in [5.41, 5.74) is 0.876. The van der Waals surface area contributed by atoms with Crippen LogP contribution in [0.3, 0.4) is 0 Å². The fourth-order valence-electron chi connectivity index (χ4n) is 5.26. The summed E-state index contributed by atoms with van der Waals surface area (Å²) in [5.74, 6) is -0.584. The van der Waals surface area contributed by atoms with Gasteiger partial charge in [-0.15, -0.1) is 0 Å². The zero-order chi connectivity index (χ0) is 25.4. The van der Waals surface area contributed by atoms with Crippen molar-refractivity contribution < 1.29 is 14.4 Å². The largest absolute Gasteiger partial charge is 0.355 e. The van der Waals surface area contributed by atoms with Gasteiger partial charge in [-0.05, 0) is 69.9 Å². The highest BCUT2D eigenvalue weighted by molar-refractivity contribution is 5.98. The number of hydrogen-bond donors (Lipinski definition) is 3. The molecular formula is C27H42N4O4. The van der Waals surface area contributed by atoms with Gasteiger partial charge >= 0.3 is 0 Å². The lowest BCUT2D eigenvalue weighted by Gasteiger charge is -2.28. The number of fused-ring (bicyclic) bond motifs is 1. The van der Waals surface area contributed by atoms with Crippen LogP contribution in [-0.4, -0.2) is 40.9 Å². The van der Waals surface area contributed by atoms with Crippen molar-refractivity contribution in [2.75, 3.05) is 13.1 Å². The molecule has 8 nitrogen and oxygen atoms in total. The summed E-state index contributed by atoms with van der Waals surface area (Å²) < 4.78 is 1.89. The van der Waals surface area contributed by atoms with Crippen LogP contribution in [0.1, 0.15) is 100 Å². The Morgan fingerprint density at radius 2 is 1.57 bits per heavy atom. The van der Waals surface area contributed by atoms with Gasteiger partial charge in [-0.3, -0.25) is 19.2 Å². The molecule has 0 saturated heterocycles. The predicted octanol–water partition coefficient (Wildman–Crippen LogP) is 2.85. The average molecular weight is 487 g/mol. The van der Waals surface area contributed by atoms with E-state index in [1.54, 1.807) is 19.9 Å². The van der Waals surface area contributed by atoms with Gasteiger partial charge in [-0.2, -0.15) is 0 Å². The third-order valence-corrected chi connectivity index (χ3v) is 7.29. The molecular weight excluding hydrogens is 444 g/mol. The molecule has 8 heteroatoms. The molecule has 194 valence electrons. The summed E-state index contributed by atoms with van der Waals surface area (Å²) >= 11 is 0. The number of rotatable bonds is 8. The minimum atomic E-state index is -1.21. The SMILES string of the molecule is CC(=O)NCCNC(=O)C(C)(C)NC(=O)c1cc2c(n(CC3CCCCC3)c1=O)CCCCCC2. The Morgan fingerprint density at radius 3 is 2.26 bits per heavy atom. The molecule has 2 aliphatic carbocycles. The molecule has 3 amide bonds. The zero-order valence-electron chi connectivity index (χ0n) is 21.6. The summed E-state index contributed by atoms with van der Waals surface area (Å²) in [5, 5.41) is 8.12. The normalized spacial score (nSPS) is 17.0. The van der Waals surface area contributed by atoms with E-state index in [1.807, 2.05) is 4.57 Å². The molecule has 1 saturated carbocycles. The molecule has 0 aromatic carbocycles. The number of aromatic nitrogens is 1. The van der Waals surface area contributed by atoms with E-state index in [1.165, 1.54) is 32.6 Å². The van der Waals surface area contributed by atoms with Crippen LogP contribution < -0.4 is 21.5 Å². The minimum Gasteiger partial charge on any atom is -0.355 e. The lowest BCUT2D eigenvalue weighted by atomic mass is 9.88. The van der Waals surface area contributed by atoms with Gasteiger partial charge in [-0.1, -0.05) is 32.1 Å². The van der Waals surface area contributed by atoms with Gasteiger partial charge in [0, 0.05) is 32.3 Å². The van der Waals surface area contributed by atoms with Gasteiger partial charge in [0.15, 0.2) is 0 Å². The van der Waals surface area contributed by atoms with Crippen molar-refractivity contribution in [3.05, 3.63) is 33.2 Å². The maximum Gasteiger partial charge on any atom is 0.263 e. The van der Waals surface area contributed by atoms with Gasteiger partial charge < -0.3 is 20.5 Å². The zero-order valence-corrected chi connectivity index (χ0v) is 21.6. The summed E-state index contributed by atoms with van der Waals surface area (Å²) in [7, 11) is 0. The van der Waals surface area contributed by atoms with E-state index in [9.17, 15) is 19.2 Å². The standard InChI is InChI=1S/C27H42N4O4/c1-19(32)28-15-16-29-26(35)27(2,3)30-24(33)22-17-21-13-9-4-5-10-14-23(21)31(25(22)34)18-20-11-7-6-8-12-20/h17,20H,4-16,18H2,1-3H3,(H,28,32)(H,29,35)(H,30,33). The second-order valence-corrected chi connectivity index (χ2v) is 10.7. The highest BCUT2D eigenvalue weighted by Crippen LogP contribution is 2.27. The Hall–Kier alpha value is -2.64. The van der Waals surface area contributed by atoms with Crippen molar-refractivity contribution in [2.45, 2.75) is 103 Å². The molecule has 0 atom stereocenters. The molecule has 0 bridgehead atoms. The molecule has 1 fully saturated rings. The van der Waals surface area contributed by atoms with E-state index in [4.69, 9.17) is 0 Å². The first kappa shape index (κ1) is 27.0. The van der Waals surface area contributed by atoms with E-state index >= 15 is 0 Å². The van der Waals surface area contributed by atoms with Crippen LogP contribution >= 0.6 is 0 Å². The van der Waals surface area contributed by atoms with Gasteiger partial charge in [0.2, 0.25) is 11.8 Å². The number of nitrogens with zero attached hydrogens (tertiary/aromatic N) is 1. The van der Waals surface area contributed by atoms with Crippen LogP contribution in [0, 0.1) is 5.92 Å². The van der Waals surface area contributed by atoms with Gasteiger partial charge in [0.25, 0.3) is 11.5 Å². The lowest BCUT2D eigenvalue weighted by Crippen LogP contribution is -2.56. The van der Waals surface area contributed by atoms with Crippen molar-refractivity contribution in [1.82, 2.24) is 20.5 Å². The number of aryl methyl sites for hydroxylation is 1. The quantitative estimate of drug-likeness (QED) is 0.491. The molecule has 0 unspecified atom stereocenters. The molecule has 0 radical (unpaired) electrons. The first-order chi connectivity index (χ1) is 16.7. The van der Waals surface area contributed by atoms with Crippen LogP contribution in [0.4, 0.5) is 0 Å². The van der Waals surface area contributed by atoms with Crippen LogP contribution in [0.5, 0.6) is 0 Å².